The first-order valence-corrected chi connectivity index (χ1v) is 9.59. The highest BCUT2D eigenvalue weighted by Crippen LogP contribution is 2.31. The molecule has 2 aromatic carbocycles. The highest BCUT2D eigenvalue weighted by molar-refractivity contribution is 5.98. The van der Waals surface area contributed by atoms with Crippen molar-refractivity contribution >= 4 is 11.6 Å². The van der Waals surface area contributed by atoms with Gasteiger partial charge in [-0.1, -0.05) is 48.5 Å². The van der Waals surface area contributed by atoms with E-state index in [1.807, 2.05) is 24.0 Å². The van der Waals surface area contributed by atoms with Crippen LogP contribution in [0.2, 0.25) is 0 Å². The minimum atomic E-state index is -0.152. The molecule has 0 aliphatic carbocycles. The molecule has 0 saturated carbocycles. The molecular weight excluding hydrogens is 322 g/mol. The van der Waals surface area contributed by atoms with Crippen molar-refractivity contribution < 1.29 is 4.79 Å². The van der Waals surface area contributed by atoms with Gasteiger partial charge in [-0.25, -0.2) is 0 Å². The summed E-state index contributed by atoms with van der Waals surface area (Å²) in [6.07, 6.45) is 2.08. The number of amides is 1. The molecule has 4 heteroatoms. The van der Waals surface area contributed by atoms with Crippen molar-refractivity contribution in [3.63, 3.8) is 0 Å². The lowest BCUT2D eigenvalue weighted by molar-refractivity contribution is -0.123. The predicted molar refractivity (Wildman–Crippen MR) is 105 cm³/mol. The summed E-state index contributed by atoms with van der Waals surface area (Å²) >= 11 is 0. The van der Waals surface area contributed by atoms with Gasteiger partial charge < -0.3 is 10.6 Å². The maximum absolute atomic E-state index is 13.2. The van der Waals surface area contributed by atoms with Crippen molar-refractivity contribution in [2.45, 2.75) is 37.8 Å². The second-order valence-electron chi connectivity index (χ2n) is 7.53. The molecule has 2 N–H and O–H groups in total. The zero-order valence-electron chi connectivity index (χ0n) is 15.3. The van der Waals surface area contributed by atoms with Gasteiger partial charge in [0.25, 0.3) is 0 Å². The fraction of sp³-hybridized carbons (Fsp3) is 0.409. The van der Waals surface area contributed by atoms with E-state index in [0.717, 1.165) is 38.2 Å². The minimum absolute atomic E-state index is 0.0706. The van der Waals surface area contributed by atoms with Crippen molar-refractivity contribution in [3.05, 3.63) is 65.7 Å². The van der Waals surface area contributed by atoms with Crippen LogP contribution in [0.15, 0.2) is 54.6 Å². The standard InChI is InChI=1S/C22H27N3O/c1-16(22(26)25-13-7-11-18-10-5-6-12-21(18)25)24-14-19(20(23)15-24)17-8-3-2-4-9-17/h2-6,8-10,12,16,19-20H,7,11,13-15,23H2,1H3/t16?,19-,20+/m0/s1. The van der Waals surface area contributed by atoms with Crippen LogP contribution in [0.5, 0.6) is 0 Å². The molecule has 0 aromatic heterocycles. The van der Waals surface area contributed by atoms with E-state index in [1.54, 1.807) is 0 Å². The smallest absolute Gasteiger partial charge is 0.244 e. The van der Waals surface area contributed by atoms with E-state index in [2.05, 4.69) is 47.4 Å². The Kier molecular flexibility index (Phi) is 4.79. The molecular formula is C22H27N3O. The molecule has 1 amide bonds. The number of nitrogens with two attached hydrogens (primary N) is 1. The molecule has 3 atom stereocenters. The second kappa shape index (κ2) is 7.22. The Labute approximate surface area is 155 Å². The van der Waals surface area contributed by atoms with Crippen molar-refractivity contribution in [2.75, 3.05) is 24.5 Å². The number of carbonyl (C=O) groups is 1. The number of rotatable bonds is 3. The van der Waals surface area contributed by atoms with Crippen LogP contribution in [0.4, 0.5) is 5.69 Å². The molecule has 26 heavy (non-hydrogen) atoms. The predicted octanol–water partition coefficient (Wildman–Crippen LogP) is 2.78. The molecule has 4 rings (SSSR count). The summed E-state index contributed by atoms with van der Waals surface area (Å²) in [6, 6.07) is 18.6. The Hall–Kier alpha value is -2.17. The maximum Gasteiger partial charge on any atom is 0.244 e. The molecule has 136 valence electrons. The second-order valence-corrected chi connectivity index (χ2v) is 7.53. The number of nitrogens with zero attached hydrogens (tertiary/aromatic N) is 2. The normalized spacial score (nSPS) is 24.3. The maximum atomic E-state index is 13.2. The largest absolute Gasteiger partial charge is 0.326 e. The number of benzene rings is 2. The fourth-order valence-corrected chi connectivity index (χ4v) is 4.37. The quantitative estimate of drug-likeness (QED) is 0.927. The first kappa shape index (κ1) is 17.3. The number of anilines is 1. The summed E-state index contributed by atoms with van der Waals surface area (Å²) in [6.45, 7) is 4.44. The van der Waals surface area contributed by atoms with Gasteiger partial charge in [0.2, 0.25) is 5.91 Å². The molecule has 0 radical (unpaired) electrons. The van der Waals surface area contributed by atoms with Gasteiger partial charge in [0.1, 0.15) is 0 Å². The number of hydrogen-bond donors (Lipinski definition) is 1. The van der Waals surface area contributed by atoms with Crippen molar-refractivity contribution in [2.24, 2.45) is 5.73 Å². The number of aryl methyl sites for hydroxylation is 1. The van der Waals surface area contributed by atoms with E-state index in [1.165, 1.54) is 11.1 Å². The Bertz CT molecular complexity index is 776. The SMILES string of the molecule is CC(C(=O)N1CCCc2ccccc21)N1C[C@@H](N)[C@H](c2ccccc2)C1. The molecule has 0 spiro atoms. The zero-order valence-corrected chi connectivity index (χ0v) is 15.3. The van der Waals surface area contributed by atoms with E-state index in [-0.39, 0.29) is 18.0 Å². The third kappa shape index (κ3) is 3.15. The van der Waals surface area contributed by atoms with Crippen LogP contribution in [0, 0.1) is 0 Å². The molecule has 2 aliphatic rings. The summed E-state index contributed by atoms with van der Waals surface area (Å²) in [7, 11) is 0. The van der Waals surface area contributed by atoms with Gasteiger partial charge in [0.05, 0.1) is 6.04 Å². The lowest BCUT2D eigenvalue weighted by Crippen LogP contribution is -2.48. The van der Waals surface area contributed by atoms with Gasteiger partial charge in [-0.15, -0.1) is 0 Å². The number of fused-ring (bicyclic) bond motifs is 1. The first-order valence-electron chi connectivity index (χ1n) is 9.59. The van der Waals surface area contributed by atoms with E-state index in [0.29, 0.717) is 5.92 Å². The van der Waals surface area contributed by atoms with Gasteiger partial charge in [-0.05, 0) is 37.0 Å². The summed E-state index contributed by atoms with van der Waals surface area (Å²) in [5, 5.41) is 0. The van der Waals surface area contributed by atoms with Crippen LogP contribution >= 0.6 is 0 Å². The minimum Gasteiger partial charge on any atom is -0.326 e. The monoisotopic (exact) mass is 349 g/mol. The molecule has 2 aliphatic heterocycles. The highest BCUT2D eigenvalue weighted by atomic mass is 16.2. The Morgan fingerprint density at radius 3 is 2.62 bits per heavy atom. The molecule has 4 nitrogen and oxygen atoms in total. The van der Waals surface area contributed by atoms with Crippen LogP contribution in [-0.4, -0.2) is 42.5 Å². The summed E-state index contributed by atoms with van der Waals surface area (Å²) in [5.41, 5.74) is 10.1. The number of hydrogen-bond acceptors (Lipinski definition) is 3. The summed E-state index contributed by atoms with van der Waals surface area (Å²) < 4.78 is 0. The zero-order chi connectivity index (χ0) is 18.1. The molecule has 1 unspecified atom stereocenters. The van der Waals surface area contributed by atoms with Crippen LogP contribution in [-0.2, 0) is 11.2 Å². The Morgan fingerprint density at radius 2 is 1.81 bits per heavy atom. The third-order valence-electron chi connectivity index (χ3n) is 5.90. The molecule has 0 bridgehead atoms. The summed E-state index contributed by atoms with van der Waals surface area (Å²) in [5.74, 6) is 0.484. The van der Waals surface area contributed by atoms with Gasteiger partial charge in [-0.3, -0.25) is 9.69 Å². The van der Waals surface area contributed by atoms with Gasteiger partial charge in [-0.2, -0.15) is 0 Å². The van der Waals surface area contributed by atoms with Gasteiger partial charge in [0, 0.05) is 37.3 Å². The van der Waals surface area contributed by atoms with Gasteiger partial charge in [0.15, 0.2) is 0 Å². The van der Waals surface area contributed by atoms with E-state index in [9.17, 15) is 4.79 Å². The summed E-state index contributed by atoms with van der Waals surface area (Å²) in [4.78, 5) is 17.5. The Balaban J connectivity index is 1.50. The molecule has 2 aromatic rings. The molecule has 2 heterocycles. The third-order valence-corrected chi connectivity index (χ3v) is 5.90. The van der Waals surface area contributed by atoms with Crippen molar-refractivity contribution in [3.8, 4) is 0 Å². The van der Waals surface area contributed by atoms with Crippen molar-refractivity contribution in [1.29, 1.82) is 0 Å². The Morgan fingerprint density at radius 1 is 1.08 bits per heavy atom. The highest BCUT2D eigenvalue weighted by Gasteiger charge is 2.37. The topological polar surface area (TPSA) is 49.6 Å². The van der Waals surface area contributed by atoms with Crippen LogP contribution in [0.3, 0.4) is 0 Å². The number of carbonyl (C=O) groups excluding carboxylic acids is 1. The van der Waals surface area contributed by atoms with Crippen LogP contribution in [0.25, 0.3) is 0 Å². The van der Waals surface area contributed by atoms with Gasteiger partial charge >= 0.3 is 0 Å². The number of likely N-dealkylation sites (tertiary alicyclic amines) is 1. The van der Waals surface area contributed by atoms with Crippen LogP contribution < -0.4 is 10.6 Å². The molecule has 1 saturated heterocycles. The number of para-hydroxylation sites is 1. The van der Waals surface area contributed by atoms with E-state index >= 15 is 0 Å². The van der Waals surface area contributed by atoms with E-state index < -0.39 is 0 Å². The fourth-order valence-electron chi connectivity index (χ4n) is 4.37. The lowest BCUT2D eigenvalue weighted by Gasteiger charge is -2.34. The van der Waals surface area contributed by atoms with E-state index in [4.69, 9.17) is 5.73 Å². The lowest BCUT2D eigenvalue weighted by atomic mass is 9.95. The molecule has 1 fully saturated rings. The average Bonchev–Trinajstić information content (AvgIpc) is 3.08. The first-order chi connectivity index (χ1) is 12.6. The van der Waals surface area contributed by atoms with Crippen molar-refractivity contribution in [1.82, 2.24) is 4.90 Å². The average molecular weight is 349 g/mol. The van der Waals surface area contributed by atoms with Crippen LogP contribution in [0.1, 0.15) is 30.4 Å².